The van der Waals surface area contributed by atoms with Crippen LogP contribution in [0.1, 0.15) is 27.3 Å². The summed E-state index contributed by atoms with van der Waals surface area (Å²) in [6.07, 6.45) is 0. The van der Waals surface area contributed by atoms with Gasteiger partial charge in [0.05, 0.1) is 18.6 Å². The van der Waals surface area contributed by atoms with Crippen molar-refractivity contribution in [1.29, 1.82) is 0 Å². The van der Waals surface area contributed by atoms with Gasteiger partial charge in [0, 0.05) is 17.3 Å². The molecule has 3 rings (SSSR count). The van der Waals surface area contributed by atoms with E-state index in [2.05, 4.69) is 15.2 Å². The highest BCUT2D eigenvalue weighted by Crippen LogP contribution is 2.31. The number of methoxy groups -OCH3 is 1. The van der Waals surface area contributed by atoms with E-state index in [1.165, 1.54) is 30.0 Å². The fraction of sp³-hybridized carbons (Fsp3) is 0.238. The van der Waals surface area contributed by atoms with E-state index in [0.717, 1.165) is 5.56 Å². The number of aryl methyl sites for hydroxylation is 1. The standard InChI is InChI=1S/C21H20F2N4O5/c1-12-19(27(29)30)13(2)26(25-12)11-14-4-6-15(7-5-14)20(28)24-16-8-9-17(32-21(22)23)18(10-16)31-3/h4-10,21H,11H2,1-3H3,(H,24,28). The molecule has 3 aromatic rings. The van der Waals surface area contributed by atoms with Gasteiger partial charge in [-0.25, -0.2) is 0 Å². The van der Waals surface area contributed by atoms with Crippen molar-refractivity contribution in [2.24, 2.45) is 0 Å². The molecule has 1 amide bonds. The Bertz CT molecular complexity index is 1150. The molecular formula is C21H20F2N4O5. The van der Waals surface area contributed by atoms with E-state index >= 15 is 0 Å². The van der Waals surface area contributed by atoms with E-state index in [-0.39, 0.29) is 17.2 Å². The first-order valence-electron chi connectivity index (χ1n) is 9.41. The molecule has 1 N–H and O–H groups in total. The fourth-order valence-corrected chi connectivity index (χ4v) is 3.18. The number of hydrogen-bond donors (Lipinski definition) is 1. The zero-order valence-electron chi connectivity index (χ0n) is 17.5. The lowest BCUT2D eigenvalue weighted by atomic mass is 10.1. The number of nitro groups is 1. The van der Waals surface area contributed by atoms with E-state index in [9.17, 15) is 23.7 Å². The molecule has 1 heterocycles. The maximum atomic E-state index is 12.5. The highest BCUT2D eigenvalue weighted by atomic mass is 19.3. The van der Waals surface area contributed by atoms with Gasteiger partial charge in [0.15, 0.2) is 11.5 Å². The molecule has 0 aliphatic rings. The second-order valence-corrected chi connectivity index (χ2v) is 6.83. The van der Waals surface area contributed by atoms with Gasteiger partial charge in [-0.15, -0.1) is 0 Å². The third-order valence-corrected chi connectivity index (χ3v) is 4.71. The number of carbonyl (C=O) groups excluding carboxylic acids is 1. The van der Waals surface area contributed by atoms with Crippen LogP contribution in [0, 0.1) is 24.0 Å². The predicted octanol–water partition coefficient (Wildman–Crippen LogP) is 4.32. The molecule has 0 saturated carbocycles. The SMILES string of the molecule is COc1cc(NC(=O)c2ccc(Cn3nc(C)c([N+](=O)[O-])c3C)cc2)ccc1OC(F)F. The van der Waals surface area contributed by atoms with Crippen LogP contribution in [0.25, 0.3) is 0 Å². The molecule has 2 aromatic carbocycles. The van der Waals surface area contributed by atoms with Crippen molar-refractivity contribution in [2.45, 2.75) is 27.0 Å². The quantitative estimate of drug-likeness (QED) is 0.408. The van der Waals surface area contributed by atoms with Crippen molar-refractivity contribution in [3.05, 3.63) is 75.1 Å². The van der Waals surface area contributed by atoms with E-state index < -0.39 is 17.4 Å². The van der Waals surface area contributed by atoms with Crippen LogP contribution in [0.2, 0.25) is 0 Å². The van der Waals surface area contributed by atoms with Crippen LogP contribution in [-0.2, 0) is 6.54 Å². The monoisotopic (exact) mass is 446 g/mol. The van der Waals surface area contributed by atoms with Crippen LogP contribution in [0.5, 0.6) is 11.5 Å². The van der Waals surface area contributed by atoms with Crippen molar-refractivity contribution in [3.63, 3.8) is 0 Å². The number of aromatic nitrogens is 2. The first kappa shape index (κ1) is 22.7. The maximum Gasteiger partial charge on any atom is 0.387 e. The Morgan fingerprint density at radius 2 is 1.88 bits per heavy atom. The Hall–Kier alpha value is -4.02. The number of anilines is 1. The molecule has 0 atom stereocenters. The van der Waals surface area contributed by atoms with Crippen LogP contribution in [0.15, 0.2) is 42.5 Å². The second kappa shape index (κ2) is 9.41. The van der Waals surface area contributed by atoms with Crippen molar-refractivity contribution < 1.29 is 28.0 Å². The number of carbonyl (C=O) groups is 1. The zero-order valence-corrected chi connectivity index (χ0v) is 17.5. The molecule has 168 valence electrons. The molecular weight excluding hydrogens is 426 g/mol. The lowest BCUT2D eigenvalue weighted by molar-refractivity contribution is -0.386. The van der Waals surface area contributed by atoms with Crippen molar-refractivity contribution in [2.75, 3.05) is 12.4 Å². The van der Waals surface area contributed by atoms with Crippen molar-refractivity contribution in [3.8, 4) is 11.5 Å². The molecule has 0 bridgehead atoms. The van der Waals surface area contributed by atoms with Gasteiger partial charge >= 0.3 is 12.3 Å². The van der Waals surface area contributed by atoms with Gasteiger partial charge in [-0.1, -0.05) is 12.1 Å². The minimum absolute atomic E-state index is 0.0126. The van der Waals surface area contributed by atoms with Crippen LogP contribution < -0.4 is 14.8 Å². The smallest absolute Gasteiger partial charge is 0.387 e. The van der Waals surface area contributed by atoms with Gasteiger partial charge < -0.3 is 14.8 Å². The van der Waals surface area contributed by atoms with E-state index in [1.807, 2.05) is 0 Å². The van der Waals surface area contributed by atoms with Gasteiger partial charge in [0.2, 0.25) is 0 Å². The first-order chi connectivity index (χ1) is 15.2. The number of halogens is 2. The lowest BCUT2D eigenvalue weighted by Gasteiger charge is -2.12. The Morgan fingerprint density at radius 1 is 1.19 bits per heavy atom. The van der Waals surface area contributed by atoms with Gasteiger partial charge in [-0.2, -0.15) is 13.9 Å². The van der Waals surface area contributed by atoms with Crippen molar-refractivity contribution in [1.82, 2.24) is 9.78 Å². The summed E-state index contributed by atoms with van der Waals surface area (Å²) in [4.78, 5) is 23.2. The highest BCUT2D eigenvalue weighted by Gasteiger charge is 2.21. The molecule has 0 fully saturated rings. The summed E-state index contributed by atoms with van der Waals surface area (Å²) in [5.41, 5.74) is 2.28. The number of alkyl halides is 2. The van der Waals surface area contributed by atoms with Crippen molar-refractivity contribution >= 4 is 17.3 Å². The van der Waals surface area contributed by atoms with Crippen LogP contribution in [-0.4, -0.2) is 34.3 Å². The molecule has 0 spiro atoms. The Balaban J connectivity index is 1.71. The van der Waals surface area contributed by atoms with E-state index in [0.29, 0.717) is 29.2 Å². The van der Waals surface area contributed by atoms with Gasteiger partial charge in [0.25, 0.3) is 5.91 Å². The number of nitrogens with zero attached hydrogens (tertiary/aromatic N) is 3. The predicted molar refractivity (Wildman–Crippen MR) is 111 cm³/mol. The Kier molecular flexibility index (Phi) is 6.67. The molecule has 0 radical (unpaired) electrons. The largest absolute Gasteiger partial charge is 0.493 e. The van der Waals surface area contributed by atoms with Gasteiger partial charge in [-0.3, -0.25) is 19.6 Å². The Morgan fingerprint density at radius 3 is 2.44 bits per heavy atom. The third kappa shape index (κ3) is 4.99. The number of hydrogen-bond acceptors (Lipinski definition) is 6. The summed E-state index contributed by atoms with van der Waals surface area (Å²) >= 11 is 0. The highest BCUT2D eigenvalue weighted by molar-refractivity contribution is 6.04. The number of rotatable bonds is 8. The van der Waals surface area contributed by atoms with Crippen LogP contribution >= 0.6 is 0 Å². The minimum Gasteiger partial charge on any atom is -0.493 e. The number of nitrogens with one attached hydrogen (secondary N) is 1. The summed E-state index contributed by atoms with van der Waals surface area (Å²) in [5, 5.41) is 18.0. The normalized spacial score (nSPS) is 10.8. The molecule has 1 aromatic heterocycles. The molecule has 0 unspecified atom stereocenters. The van der Waals surface area contributed by atoms with Gasteiger partial charge in [-0.05, 0) is 43.7 Å². The molecule has 0 aliphatic heterocycles. The van der Waals surface area contributed by atoms with E-state index in [1.54, 1.807) is 38.1 Å². The minimum atomic E-state index is -3.00. The van der Waals surface area contributed by atoms with Crippen LogP contribution in [0.3, 0.4) is 0 Å². The average Bonchev–Trinajstić information content (AvgIpc) is 3.02. The summed E-state index contributed by atoms with van der Waals surface area (Å²) in [6.45, 7) is 0.524. The topological polar surface area (TPSA) is 109 Å². The van der Waals surface area contributed by atoms with Gasteiger partial charge in [0.1, 0.15) is 11.4 Å². The lowest BCUT2D eigenvalue weighted by Crippen LogP contribution is -2.12. The molecule has 0 aliphatic carbocycles. The third-order valence-electron chi connectivity index (χ3n) is 4.71. The second-order valence-electron chi connectivity index (χ2n) is 6.83. The van der Waals surface area contributed by atoms with Crippen LogP contribution in [0.4, 0.5) is 20.2 Å². The summed E-state index contributed by atoms with van der Waals surface area (Å²) < 4.78 is 35.8. The summed E-state index contributed by atoms with van der Waals surface area (Å²) in [5.74, 6) is -0.505. The molecule has 0 saturated heterocycles. The average molecular weight is 446 g/mol. The number of amides is 1. The Labute approximate surface area is 181 Å². The zero-order chi connectivity index (χ0) is 23.4. The summed E-state index contributed by atoms with van der Waals surface area (Å²) in [6, 6.07) is 10.7. The number of benzene rings is 2. The maximum absolute atomic E-state index is 12.5. The molecule has 32 heavy (non-hydrogen) atoms. The first-order valence-corrected chi connectivity index (χ1v) is 9.41. The molecule has 9 nitrogen and oxygen atoms in total. The van der Waals surface area contributed by atoms with E-state index in [4.69, 9.17) is 4.74 Å². The summed E-state index contributed by atoms with van der Waals surface area (Å²) in [7, 11) is 1.30. The molecule has 11 heteroatoms. The fourth-order valence-electron chi connectivity index (χ4n) is 3.18. The number of ether oxygens (including phenoxy) is 2.